The molecule has 1 aromatic rings. The van der Waals surface area contributed by atoms with Crippen molar-refractivity contribution in [2.24, 2.45) is 5.92 Å². The van der Waals surface area contributed by atoms with E-state index in [1.807, 2.05) is 9.80 Å². The number of nitrogens with zero attached hydrogens (tertiary/aromatic N) is 4. The maximum Gasteiger partial charge on any atom is 0.242 e. The number of amides is 1. The van der Waals surface area contributed by atoms with Gasteiger partial charge in [0, 0.05) is 26.7 Å². The summed E-state index contributed by atoms with van der Waals surface area (Å²) in [5.74, 6) is 1.99. The third kappa shape index (κ3) is 4.35. The average molecular weight is 334 g/mol. The highest BCUT2D eigenvalue weighted by molar-refractivity contribution is 5.82. The minimum Gasteiger partial charge on any atom is -0.476 e. The van der Waals surface area contributed by atoms with Crippen LogP contribution in [-0.4, -0.2) is 67.3 Å². The van der Waals surface area contributed by atoms with E-state index in [4.69, 9.17) is 9.47 Å². The standard InChI is InChI=1S/C17H26N4O3/c1-23-9-8-20-6-7-21(12-17(20)22)15-10-18-11-16(19-15)24-13-14-4-2-3-5-14/h10-11,14H,2-9,12-13H2,1H3. The number of carbonyl (C=O) groups excluding carboxylic acids is 1. The SMILES string of the molecule is COCCN1CCN(c2cncc(OCC3CCCC3)n2)CC1=O. The molecule has 0 bridgehead atoms. The summed E-state index contributed by atoms with van der Waals surface area (Å²) < 4.78 is 10.9. The van der Waals surface area contributed by atoms with Gasteiger partial charge in [-0.15, -0.1) is 0 Å². The van der Waals surface area contributed by atoms with Gasteiger partial charge in [0.15, 0.2) is 5.82 Å². The van der Waals surface area contributed by atoms with E-state index in [0.717, 1.165) is 6.54 Å². The van der Waals surface area contributed by atoms with Crippen LogP contribution in [0.15, 0.2) is 12.4 Å². The molecule has 0 atom stereocenters. The Morgan fingerprint density at radius 3 is 2.83 bits per heavy atom. The number of hydrogen-bond acceptors (Lipinski definition) is 6. The molecule has 1 aliphatic heterocycles. The molecule has 1 amide bonds. The van der Waals surface area contributed by atoms with Gasteiger partial charge in [0.25, 0.3) is 0 Å². The third-order valence-electron chi connectivity index (χ3n) is 4.75. The predicted molar refractivity (Wildman–Crippen MR) is 90.2 cm³/mol. The van der Waals surface area contributed by atoms with Gasteiger partial charge in [0.1, 0.15) is 0 Å². The van der Waals surface area contributed by atoms with E-state index < -0.39 is 0 Å². The molecule has 7 heteroatoms. The van der Waals surface area contributed by atoms with Crippen molar-refractivity contribution in [2.45, 2.75) is 25.7 Å². The van der Waals surface area contributed by atoms with Gasteiger partial charge in [-0.2, -0.15) is 4.98 Å². The topological polar surface area (TPSA) is 67.8 Å². The van der Waals surface area contributed by atoms with Crippen molar-refractivity contribution in [3.05, 3.63) is 12.4 Å². The Morgan fingerprint density at radius 1 is 1.25 bits per heavy atom. The molecule has 0 aromatic carbocycles. The molecule has 2 fully saturated rings. The van der Waals surface area contributed by atoms with E-state index >= 15 is 0 Å². The fourth-order valence-electron chi connectivity index (χ4n) is 3.28. The van der Waals surface area contributed by atoms with Crippen LogP contribution in [0.3, 0.4) is 0 Å². The normalized spacial score (nSPS) is 19.1. The Balaban J connectivity index is 1.55. The summed E-state index contributed by atoms with van der Waals surface area (Å²) in [6.07, 6.45) is 8.43. The molecule has 7 nitrogen and oxygen atoms in total. The Hall–Kier alpha value is -1.89. The number of anilines is 1. The number of rotatable bonds is 7. The van der Waals surface area contributed by atoms with E-state index in [-0.39, 0.29) is 5.91 Å². The number of carbonyl (C=O) groups is 1. The first-order chi connectivity index (χ1) is 11.8. The molecule has 0 spiro atoms. The quantitative estimate of drug-likeness (QED) is 0.750. The molecule has 132 valence electrons. The summed E-state index contributed by atoms with van der Waals surface area (Å²) in [5, 5.41) is 0. The fourth-order valence-corrected chi connectivity index (χ4v) is 3.28. The minimum atomic E-state index is 0.0948. The number of piperazine rings is 1. The molecule has 0 unspecified atom stereocenters. The van der Waals surface area contributed by atoms with Crippen molar-refractivity contribution in [3.63, 3.8) is 0 Å². The number of hydrogen-bond donors (Lipinski definition) is 0. The lowest BCUT2D eigenvalue weighted by Crippen LogP contribution is -2.51. The second kappa shape index (κ2) is 8.28. The lowest BCUT2D eigenvalue weighted by molar-refractivity contribution is -0.131. The summed E-state index contributed by atoms with van der Waals surface area (Å²) in [4.78, 5) is 24.8. The molecule has 1 saturated carbocycles. The Labute approximate surface area is 143 Å². The van der Waals surface area contributed by atoms with Gasteiger partial charge in [0.2, 0.25) is 11.8 Å². The first-order valence-corrected chi connectivity index (χ1v) is 8.73. The van der Waals surface area contributed by atoms with Crippen LogP contribution in [-0.2, 0) is 9.53 Å². The molecule has 2 aliphatic rings. The molecule has 1 saturated heterocycles. The zero-order chi connectivity index (χ0) is 16.8. The van der Waals surface area contributed by atoms with Crippen LogP contribution in [0, 0.1) is 5.92 Å². The van der Waals surface area contributed by atoms with Gasteiger partial charge in [-0.1, -0.05) is 12.8 Å². The third-order valence-corrected chi connectivity index (χ3v) is 4.75. The monoisotopic (exact) mass is 334 g/mol. The van der Waals surface area contributed by atoms with Crippen molar-refractivity contribution in [2.75, 3.05) is 51.4 Å². The van der Waals surface area contributed by atoms with Crippen molar-refractivity contribution in [1.82, 2.24) is 14.9 Å². The zero-order valence-corrected chi connectivity index (χ0v) is 14.3. The second-order valence-corrected chi connectivity index (χ2v) is 6.47. The summed E-state index contributed by atoms with van der Waals surface area (Å²) in [6.45, 7) is 3.66. The Kier molecular flexibility index (Phi) is 5.85. The summed E-state index contributed by atoms with van der Waals surface area (Å²) >= 11 is 0. The molecule has 3 rings (SSSR count). The number of ether oxygens (including phenoxy) is 2. The molecule has 0 N–H and O–H groups in total. The van der Waals surface area contributed by atoms with Crippen molar-refractivity contribution in [3.8, 4) is 5.88 Å². The van der Waals surface area contributed by atoms with E-state index in [0.29, 0.717) is 50.5 Å². The average Bonchev–Trinajstić information content (AvgIpc) is 3.13. The van der Waals surface area contributed by atoms with Gasteiger partial charge in [-0.05, 0) is 18.8 Å². The highest BCUT2D eigenvalue weighted by Crippen LogP contribution is 2.25. The highest BCUT2D eigenvalue weighted by atomic mass is 16.5. The van der Waals surface area contributed by atoms with Gasteiger partial charge in [0.05, 0.1) is 32.2 Å². The van der Waals surface area contributed by atoms with E-state index in [2.05, 4.69) is 9.97 Å². The van der Waals surface area contributed by atoms with Gasteiger partial charge in [-0.3, -0.25) is 9.78 Å². The molecule has 1 aliphatic carbocycles. The van der Waals surface area contributed by atoms with Crippen LogP contribution >= 0.6 is 0 Å². The van der Waals surface area contributed by atoms with Gasteiger partial charge >= 0.3 is 0 Å². The lowest BCUT2D eigenvalue weighted by Gasteiger charge is -2.34. The van der Waals surface area contributed by atoms with Crippen LogP contribution in [0.2, 0.25) is 0 Å². The van der Waals surface area contributed by atoms with Gasteiger partial charge < -0.3 is 19.3 Å². The maximum atomic E-state index is 12.2. The summed E-state index contributed by atoms with van der Waals surface area (Å²) in [6, 6.07) is 0. The van der Waals surface area contributed by atoms with Crippen LogP contribution in [0.25, 0.3) is 0 Å². The van der Waals surface area contributed by atoms with Crippen molar-refractivity contribution >= 4 is 11.7 Å². The molecule has 1 aromatic heterocycles. The number of methoxy groups -OCH3 is 1. The first-order valence-electron chi connectivity index (χ1n) is 8.73. The van der Waals surface area contributed by atoms with E-state index in [9.17, 15) is 4.79 Å². The van der Waals surface area contributed by atoms with Crippen molar-refractivity contribution in [1.29, 1.82) is 0 Å². The van der Waals surface area contributed by atoms with E-state index in [1.165, 1.54) is 25.7 Å². The van der Waals surface area contributed by atoms with E-state index in [1.54, 1.807) is 19.5 Å². The minimum absolute atomic E-state index is 0.0948. The van der Waals surface area contributed by atoms with Crippen LogP contribution in [0.5, 0.6) is 5.88 Å². The molecular weight excluding hydrogens is 308 g/mol. The van der Waals surface area contributed by atoms with Crippen LogP contribution in [0.4, 0.5) is 5.82 Å². The maximum absolute atomic E-state index is 12.2. The molecular formula is C17H26N4O3. The highest BCUT2D eigenvalue weighted by Gasteiger charge is 2.25. The molecule has 24 heavy (non-hydrogen) atoms. The summed E-state index contributed by atoms with van der Waals surface area (Å²) in [7, 11) is 1.65. The Bertz CT molecular complexity index is 548. The fraction of sp³-hybridized carbons (Fsp3) is 0.706. The van der Waals surface area contributed by atoms with Crippen molar-refractivity contribution < 1.29 is 14.3 Å². The summed E-state index contributed by atoms with van der Waals surface area (Å²) in [5.41, 5.74) is 0. The van der Waals surface area contributed by atoms with Crippen LogP contribution < -0.4 is 9.64 Å². The second-order valence-electron chi connectivity index (χ2n) is 6.47. The largest absolute Gasteiger partial charge is 0.476 e. The smallest absolute Gasteiger partial charge is 0.242 e. The first kappa shape index (κ1) is 17.0. The molecule has 2 heterocycles. The number of aromatic nitrogens is 2. The lowest BCUT2D eigenvalue weighted by atomic mass is 10.1. The molecule has 0 radical (unpaired) electrons. The zero-order valence-electron chi connectivity index (χ0n) is 14.3. The Morgan fingerprint density at radius 2 is 2.08 bits per heavy atom. The van der Waals surface area contributed by atoms with Crippen LogP contribution in [0.1, 0.15) is 25.7 Å². The predicted octanol–water partition coefficient (Wildman–Crippen LogP) is 1.34. The van der Waals surface area contributed by atoms with Gasteiger partial charge in [-0.25, -0.2) is 0 Å².